The van der Waals surface area contributed by atoms with Crippen LogP contribution in [0.1, 0.15) is 12.8 Å². The number of hydrogen-bond acceptors (Lipinski definition) is 2. The molecule has 0 aromatic rings. The second-order valence-corrected chi connectivity index (χ2v) is 3.36. The van der Waals surface area contributed by atoms with Gasteiger partial charge in [-0.2, -0.15) is 0 Å². The number of nitrogens with two attached hydrogens (primary N) is 1. The highest BCUT2D eigenvalue weighted by Gasteiger charge is 2.11. The Morgan fingerprint density at radius 2 is 2.09 bits per heavy atom. The van der Waals surface area contributed by atoms with Crippen molar-refractivity contribution in [3.05, 3.63) is 12.2 Å². The first-order valence-corrected chi connectivity index (χ1v) is 4.36. The Hall–Kier alpha value is -0.340. The third kappa shape index (κ3) is 3.04. The molecule has 0 radical (unpaired) electrons. The van der Waals surface area contributed by atoms with E-state index in [9.17, 15) is 0 Å². The average Bonchev–Trinajstić information content (AvgIpc) is 2.40. The lowest BCUT2D eigenvalue weighted by atomic mass is 10.1. The van der Waals surface area contributed by atoms with Crippen molar-refractivity contribution in [2.24, 2.45) is 11.7 Å². The summed E-state index contributed by atoms with van der Waals surface area (Å²) >= 11 is 0. The number of rotatable bonds is 4. The molecule has 0 aliphatic heterocycles. The largest absolute Gasteiger partial charge is 0.329 e. The highest BCUT2D eigenvalue weighted by atomic mass is 15.1. The second-order valence-electron chi connectivity index (χ2n) is 3.36. The molecule has 0 bridgehead atoms. The van der Waals surface area contributed by atoms with Crippen molar-refractivity contribution in [3.63, 3.8) is 0 Å². The molecule has 1 aliphatic carbocycles. The Labute approximate surface area is 69.1 Å². The smallest absolute Gasteiger partial charge is 0.0102 e. The minimum absolute atomic E-state index is 0.774. The summed E-state index contributed by atoms with van der Waals surface area (Å²) in [6.45, 7) is 3.00. The molecule has 0 amide bonds. The van der Waals surface area contributed by atoms with Gasteiger partial charge in [-0.25, -0.2) is 0 Å². The van der Waals surface area contributed by atoms with Gasteiger partial charge in [-0.05, 0) is 25.8 Å². The van der Waals surface area contributed by atoms with Crippen molar-refractivity contribution in [2.45, 2.75) is 12.8 Å². The van der Waals surface area contributed by atoms with E-state index in [1.54, 1.807) is 0 Å². The Morgan fingerprint density at radius 1 is 1.45 bits per heavy atom. The van der Waals surface area contributed by atoms with E-state index >= 15 is 0 Å². The number of nitrogens with zero attached hydrogens (tertiary/aromatic N) is 1. The average molecular weight is 154 g/mol. The molecule has 0 aromatic heterocycles. The van der Waals surface area contributed by atoms with Gasteiger partial charge in [-0.1, -0.05) is 12.2 Å². The molecule has 0 heterocycles. The first kappa shape index (κ1) is 8.75. The van der Waals surface area contributed by atoms with Crippen LogP contribution in [0.15, 0.2) is 12.2 Å². The minimum atomic E-state index is 0.774. The van der Waals surface area contributed by atoms with Gasteiger partial charge >= 0.3 is 0 Å². The van der Waals surface area contributed by atoms with Gasteiger partial charge in [0.15, 0.2) is 0 Å². The maximum atomic E-state index is 5.45. The molecule has 0 fully saturated rings. The number of likely N-dealkylation sites (N-methyl/N-ethyl adjacent to an activating group) is 1. The number of allylic oxidation sites excluding steroid dienone is 2. The standard InChI is InChI=1S/C9H18N2/c1-11(7-6-10)8-9-4-2-3-5-9/h2-3,9H,4-8,10H2,1H3. The van der Waals surface area contributed by atoms with Crippen molar-refractivity contribution >= 4 is 0 Å². The van der Waals surface area contributed by atoms with Gasteiger partial charge in [0.1, 0.15) is 0 Å². The van der Waals surface area contributed by atoms with E-state index in [4.69, 9.17) is 5.73 Å². The topological polar surface area (TPSA) is 29.3 Å². The van der Waals surface area contributed by atoms with Crippen LogP contribution in [0.25, 0.3) is 0 Å². The van der Waals surface area contributed by atoms with Crippen molar-refractivity contribution < 1.29 is 0 Å². The normalized spacial score (nSPS) is 18.5. The van der Waals surface area contributed by atoms with E-state index in [1.165, 1.54) is 19.4 Å². The van der Waals surface area contributed by atoms with Crippen LogP contribution in [-0.2, 0) is 0 Å². The van der Waals surface area contributed by atoms with Gasteiger partial charge < -0.3 is 10.6 Å². The molecule has 1 rings (SSSR count). The summed E-state index contributed by atoms with van der Waals surface area (Å²) in [5, 5.41) is 0. The quantitative estimate of drug-likeness (QED) is 0.608. The van der Waals surface area contributed by atoms with Crippen LogP contribution in [0.2, 0.25) is 0 Å². The van der Waals surface area contributed by atoms with E-state index in [-0.39, 0.29) is 0 Å². The summed E-state index contributed by atoms with van der Waals surface area (Å²) in [5.74, 6) is 0.853. The maximum Gasteiger partial charge on any atom is 0.0102 e. The van der Waals surface area contributed by atoms with Crippen molar-refractivity contribution in [1.82, 2.24) is 4.90 Å². The first-order chi connectivity index (χ1) is 5.33. The molecule has 0 saturated heterocycles. The summed E-state index contributed by atoms with van der Waals surface area (Å²) in [6.07, 6.45) is 7.08. The summed E-state index contributed by atoms with van der Waals surface area (Å²) in [4.78, 5) is 2.32. The predicted octanol–water partition coefficient (Wildman–Crippen LogP) is 0.843. The Bertz CT molecular complexity index is 124. The highest BCUT2D eigenvalue weighted by molar-refractivity contribution is 4.94. The Kier molecular flexibility index (Phi) is 3.60. The third-order valence-electron chi connectivity index (χ3n) is 2.19. The van der Waals surface area contributed by atoms with Crippen LogP contribution < -0.4 is 5.73 Å². The first-order valence-electron chi connectivity index (χ1n) is 4.36. The summed E-state index contributed by atoms with van der Waals surface area (Å²) in [5.41, 5.74) is 5.45. The van der Waals surface area contributed by atoms with E-state index in [2.05, 4.69) is 24.1 Å². The molecule has 11 heavy (non-hydrogen) atoms. The minimum Gasteiger partial charge on any atom is -0.329 e. The molecular formula is C9H18N2. The SMILES string of the molecule is CN(CCN)CC1CC=CC1. The molecule has 2 N–H and O–H groups in total. The predicted molar refractivity (Wildman–Crippen MR) is 48.4 cm³/mol. The third-order valence-corrected chi connectivity index (χ3v) is 2.19. The molecule has 64 valence electrons. The van der Waals surface area contributed by atoms with Crippen LogP contribution in [0.5, 0.6) is 0 Å². The van der Waals surface area contributed by atoms with Crippen LogP contribution in [0.4, 0.5) is 0 Å². The van der Waals surface area contributed by atoms with Crippen molar-refractivity contribution in [1.29, 1.82) is 0 Å². The fraction of sp³-hybridized carbons (Fsp3) is 0.778. The van der Waals surface area contributed by atoms with Crippen molar-refractivity contribution in [2.75, 3.05) is 26.7 Å². The van der Waals surface area contributed by atoms with Crippen LogP contribution in [0, 0.1) is 5.92 Å². The van der Waals surface area contributed by atoms with Crippen LogP contribution >= 0.6 is 0 Å². The molecule has 1 aliphatic rings. The number of hydrogen-bond donors (Lipinski definition) is 1. The molecule has 0 atom stereocenters. The van der Waals surface area contributed by atoms with E-state index in [0.717, 1.165) is 19.0 Å². The summed E-state index contributed by atoms with van der Waals surface area (Å²) < 4.78 is 0. The van der Waals surface area contributed by atoms with E-state index in [0.29, 0.717) is 0 Å². The zero-order chi connectivity index (χ0) is 8.10. The van der Waals surface area contributed by atoms with Gasteiger partial charge in [0.25, 0.3) is 0 Å². The maximum absolute atomic E-state index is 5.45. The highest BCUT2D eigenvalue weighted by Crippen LogP contribution is 2.17. The molecule has 0 saturated carbocycles. The fourth-order valence-electron chi connectivity index (χ4n) is 1.58. The molecule has 0 unspecified atom stereocenters. The van der Waals surface area contributed by atoms with Gasteiger partial charge in [0, 0.05) is 19.6 Å². The van der Waals surface area contributed by atoms with E-state index < -0.39 is 0 Å². The molecular weight excluding hydrogens is 136 g/mol. The molecule has 2 heteroatoms. The van der Waals surface area contributed by atoms with Gasteiger partial charge in [0.2, 0.25) is 0 Å². The fourth-order valence-corrected chi connectivity index (χ4v) is 1.58. The Balaban J connectivity index is 2.09. The van der Waals surface area contributed by atoms with Gasteiger partial charge in [-0.3, -0.25) is 0 Å². The lowest BCUT2D eigenvalue weighted by molar-refractivity contribution is 0.289. The monoisotopic (exact) mass is 154 g/mol. The molecule has 0 aromatic carbocycles. The summed E-state index contributed by atoms with van der Waals surface area (Å²) in [7, 11) is 2.14. The zero-order valence-corrected chi connectivity index (χ0v) is 7.29. The van der Waals surface area contributed by atoms with Crippen molar-refractivity contribution in [3.8, 4) is 0 Å². The Morgan fingerprint density at radius 3 is 2.64 bits per heavy atom. The van der Waals surface area contributed by atoms with Crippen LogP contribution in [-0.4, -0.2) is 31.6 Å². The lowest BCUT2D eigenvalue weighted by Gasteiger charge is -2.19. The van der Waals surface area contributed by atoms with E-state index in [1.807, 2.05) is 0 Å². The van der Waals surface area contributed by atoms with Gasteiger partial charge in [-0.15, -0.1) is 0 Å². The second kappa shape index (κ2) is 4.52. The summed E-state index contributed by atoms with van der Waals surface area (Å²) in [6, 6.07) is 0. The lowest BCUT2D eigenvalue weighted by Crippen LogP contribution is -2.29. The molecule has 2 nitrogen and oxygen atoms in total. The van der Waals surface area contributed by atoms with Crippen LogP contribution in [0.3, 0.4) is 0 Å². The van der Waals surface area contributed by atoms with Gasteiger partial charge in [0.05, 0.1) is 0 Å². The molecule has 0 spiro atoms. The zero-order valence-electron chi connectivity index (χ0n) is 7.29.